The fourth-order valence-electron chi connectivity index (χ4n) is 2.15. The normalized spacial score (nSPS) is 15.0. The lowest BCUT2D eigenvalue weighted by Crippen LogP contribution is -2.41. The van der Waals surface area contributed by atoms with Crippen molar-refractivity contribution in [3.63, 3.8) is 0 Å². The van der Waals surface area contributed by atoms with Crippen molar-refractivity contribution in [1.82, 2.24) is 5.32 Å². The van der Waals surface area contributed by atoms with Gasteiger partial charge in [0, 0.05) is 31.0 Å². The Kier molecular flexibility index (Phi) is 6.78. The van der Waals surface area contributed by atoms with Crippen LogP contribution in [0.15, 0.2) is 24.3 Å². The summed E-state index contributed by atoms with van der Waals surface area (Å²) in [7, 11) is 0. The monoisotopic (exact) mass is 314 g/mol. The molecule has 0 bridgehead atoms. The SMILES string of the molecule is Cl.NCC(NC(=O)CCC(=O)c1ccc(F)cc1)C1CC1. The van der Waals surface area contributed by atoms with Crippen molar-refractivity contribution in [2.45, 2.75) is 31.7 Å². The van der Waals surface area contributed by atoms with E-state index in [4.69, 9.17) is 5.73 Å². The second-order valence-electron chi connectivity index (χ2n) is 5.18. The first kappa shape index (κ1) is 17.6. The molecule has 1 fully saturated rings. The Labute approximate surface area is 129 Å². The second-order valence-corrected chi connectivity index (χ2v) is 5.18. The van der Waals surface area contributed by atoms with Crippen LogP contribution >= 0.6 is 12.4 Å². The summed E-state index contributed by atoms with van der Waals surface area (Å²) in [5.74, 6) is -0.190. The predicted octanol–water partition coefficient (Wildman–Crippen LogP) is 2.06. The van der Waals surface area contributed by atoms with E-state index in [1.165, 1.54) is 24.3 Å². The minimum atomic E-state index is -0.380. The number of Topliss-reactive ketones (excluding diaryl/α,β-unsaturated/α-hetero) is 1. The molecule has 2 rings (SSSR count). The number of nitrogens with two attached hydrogens (primary N) is 1. The van der Waals surface area contributed by atoms with Crippen LogP contribution in [0.2, 0.25) is 0 Å². The molecule has 1 unspecified atom stereocenters. The minimum Gasteiger partial charge on any atom is -0.352 e. The standard InChI is InChI=1S/C15H19FN2O2.ClH/c16-12-5-3-11(4-6-12)14(19)7-8-15(20)18-13(9-17)10-1-2-10;/h3-6,10,13H,1-2,7-9,17H2,(H,18,20);1H. The minimum absolute atomic E-state index is 0. The maximum absolute atomic E-state index is 12.7. The molecule has 1 aliphatic carbocycles. The van der Waals surface area contributed by atoms with Gasteiger partial charge >= 0.3 is 0 Å². The van der Waals surface area contributed by atoms with Crippen LogP contribution in [0.3, 0.4) is 0 Å². The molecule has 1 atom stereocenters. The summed E-state index contributed by atoms with van der Waals surface area (Å²) < 4.78 is 12.7. The van der Waals surface area contributed by atoms with Gasteiger partial charge in [0.25, 0.3) is 0 Å². The molecule has 1 amide bonds. The Bertz CT molecular complexity index is 489. The van der Waals surface area contributed by atoms with Crippen LogP contribution in [-0.4, -0.2) is 24.3 Å². The van der Waals surface area contributed by atoms with Gasteiger partial charge in [-0.05, 0) is 43.0 Å². The van der Waals surface area contributed by atoms with Crippen molar-refractivity contribution in [2.24, 2.45) is 11.7 Å². The highest BCUT2D eigenvalue weighted by atomic mass is 35.5. The Morgan fingerprint density at radius 2 is 1.86 bits per heavy atom. The topological polar surface area (TPSA) is 72.2 Å². The van der Waals surface area contributed by atoms with E-state index < -0.39 is 0 Å². The summed E-state index contributed by atoms with van der Waals surface area (Å²) in [5, 5.41) is 2.87. The van der Waals surface area contributed by atoms with Crippen molar-refractivity contribution >= 4 is 24.1 Å². The molecule has 0 radical (unpaired) electrons. The molecule has 3 N–H and O–H groups in total. The zero-order chi connectivity index (χ0) is 14.5. The van der Waals surface area contributed by atoms with E-state index in [0.29, 0.717) is 18.0 Å². The van der Waals surface area contributed by atoms with E-state index >= 15 is 0 Å². The van der Waals surface area contributed by atoms with Crippen LogP contribution in [-0.2, 0) is 4.79 Å². The zero-order valence-corrected chi connectivity index (χ0v) is 12.5. The number of benzene rings is 1. The number of carbonyl (C=O) groups excluding carboxylic acids is 2. The van der Waals surface area contributed by atoms with Crippen LogP contribution in [0.1, 0.15) is 36.0 Å². The van der Waals surface area contributed by atoms with E-state index in [2.05, 4.69) is 5.32 Å². The number of halogens is 2. The van der Waals surface area contributed by atoms with Crippen LogP contribution in [0.4, 0.5) is 4.39 Å². The third-order valence-corrected chi connectivity index (χ3v) is 3.54. The van der Waals surface area contributed by atoms with Gasteiger partial charge in [0.15, 0.2) is 5.78 Å². The molecule has 1 aromatic carbocycles. The number of nitrogens with one attached hydrogen (secondary N) is 1. The van der Waals surface area contributed by atoms with Gasteiger partial charge < -0.3 is 11.1 Å². The summed E-state index contributed by atoms with van der Waals surface area (Å²) in [4.78, 5) is 23.6. The molecule has 0 aromatic heterocycles. The molecule has 0 aliphatic heterocycles. The number of amides is 1. The number of hydrogen-bond donors (Lipinski definition) is 2. The van der Waals surface area contributed by atoms with Crippen LogP contribution in [0, 0.1) is 11.7 Å². The first-order chi connectivity index (χ1) is 9.60. The molecule has 116 valence electrons. The van der Waals surface area contributed by atoms with E-state index in [1.54, 1.807) is 0 Å². The lowest BCUT2D eigenvalue weighted by molar-refractivity contribution is -0.121. The highest BCUT2D eigenvalue weighted by Crippen LogP contribution is 2.32. The first-order valence-corrected chi connectivity index (χ1v) is 6.88. The molecule has 1 aromatic rings. The van der Waals surface area contributed by atoms with Crippen molar-refractivity contribution in [3.05, 3.63) is 35.6 Å². The number of rotatable bonds is 7. The van der Waals surface area contributed by atoms with Crippen molar-refractivity contribution < 1.29 is 14.0 Å². The number of hydrogen-bond acceptors (Lipinski definition) is 3. The summed E-state index contributed by atoms with van der Waals surface area (Å²) >= 11 is 0. The summed E-state index contributed by atoms with van der Waals surface area (Å²) in [6, 6.07) is 5.38. The average Bonchev–Trinajstić information content (AvgIpc) is 3.27. The molecular formula is C15H20ClFN2O2. The highest BCUT2D eigenvalue weighted by molar-refractivity contribution is 5.97. The van der Waals surface area contributed by atoms with Gasteiger partial charge in [0.1, 0.15) is 5.82 Å². The maximum atomic E-state index is 12.7. The fourth-order valence-corrected chi connectivity index (χ4v) is 2.15. The molecule has 6 heteroatoms. The molecule has 21 heavy (non-hydrogen) atoms. The molecule has 0 spiro atoms. The predicted molar refractivity (Wildman–Crippen MR) is 80.9 cm³/mol. The first-order valence-electron chi connectivity index (χ1n) is 6.88. The van der Waals surface area contributed by atoms with Gasteiger partial charge in [-0.15, -0.1) is 12.4 Å². The second kappa shape index (κ2) is 8.10. The largest absolute Gasteiger partial charge is 0.352 e. The van der Waals surface area contributed by atoms with E-state index in [9.17, 15) is 14.0 Å². The quantitative estimate of drug-likeness (QED) is 0.757. The Balaban J connectivity index is 0.00000220. The Morgan fingerprint density at radius 3 is 2.38 bits per heavy atom. The van der Waals surface area contributed by atoms with Crippen molar-refractivity contribution in [1.29, 1.82) is 0 Å². The number of ketones is 1. The third-order valence-electron chi connectivity index (χ3n) is 3.54. The van der Waals surface area contributed by atoms with Crippen LogP contribution in [0.25, 0.3) is 0 Å². The smallest absolute Gasteiger partial charge is 0.220 e. The lowest BCUT2D eigenvalue weighted by atomic mass is 10.1. The van der Waals surface area contributed by atoms with E-state index in [-0.39, 0.29) is 48.8 Å². The van der Waals surface area contributed by atoms with Gasteiger partial charge in [-0.1, -0.05) is 0 Å². The highest BCUT2D eigenvalue weighted by Gasteiger charge is 2.31. The third kappa shape index (κ3) is 5.44. The van der Waals surface area contributed by atoms with Gasteiger partial charge in [-0.2, -0.15) is 0 Å². The molecular weight excluding hydrogens is 295 g/mol. The summed E-state index contributed by atoms with van der Waals surface area (Å²) in [6.07, 6.45) is 2.48. The van der Waals surface area contributed by atoms with Gasteiger partial charge in [-0.25, -0.2) is 4.39 Å². The van der Waals surface area contributed by atoms with Gasteiger partial charge in [0.05, 0.1) is 0 Å². The summed E-state index contributed by atoms with van der Waals surface area (Å²) in [5.41, 5.74) is 6.03. The number of carbonyl (C=O) groups is 2. The van der Waals surface area contributed by atoms with Crippen LogP contribution < -0.4 is 11.1 Å². The lowest BCUT2D eigenvalue weighted by Gasteiger charge is -2.15. The van der Waals surface area contributed by atoms with Crippen molar-refractivity contribution in [3.8, 4) is 0 Å². The average molecular weight is 315 g/mol. The molecule has 0 heterocycles. The summed E-state index contributed by atoms with van der Waals surface area (Å²) in [6.45, 7) is 0.433. The Hall–Kier alpha value is -1.46. The Morgan fingerprint density at radius 1 is 1.24 bits per heavy atom. The van der Waals surface area contributed by atoms with Gasteiger partial charge in [-0.3, -0.25) is 9.59 Å². The molecule has 1 aliphatic rings. The van der Waals surface area contributed by atoms with E-state index in [0.717, 1.165) is 12.8 Å². The molecule has 0 saturated heterocycles. The fraction of sp³-hybridized carbons (Fsp3) is 0.467. The molecule has 4 nitrogen and oxygen atoms in total. The van der Waals surface area contributed by atoms with Crippen LogP contribution in [0.5, 0.6) is 0 Å². The molecule has 1 saturated carbocycles. The van der Waals surface area contributed by atoms with E-state index in [1.807, 2.05) is 0 Å². The zero-order valence-electron chi connectivity index (χ0n) is 11.7. The maximum Gasteiger partial charge on any atom is 0.220 e. The van der Waals surface area contributed by atoms with Gasteiger partial charge in [0.2, 0.25) is 5.91 Å². The van der Waals surface area contributed by atoms with Crippen molar-refractivity contribution in [2.75, 3.05) is 6.54 Å².